The third kappa shape index (κ3) is 5.69. The summed E-state index contributed by atoms with van der Waals surface area (Å²) in [7, 11) is 1.66. The molecule has 0 radical (unpaired) electrons. The molecular formula is C17H24N10O6. The van der Waals surface area contributed by atoms with Crippen LogP contribution in [-0.2, 0) is 22.9 Å². The third-order valence-corrected chi connectivity index (χ3v) is 4.14. The van der Waals surface area contributed by atoms with Gasteiger partial charge in [0, 0.05) is 7.05 Å². The number of ether oxygens (including phenoxy) is 2. The number of hydrogen-bond donors (Lipinski definition) is 6. The van der Waals surface area contributed by atoms with Gasteiger partial charge in [-0.3, -0.25) is 28.7 Å². The number of nitrogens with zero attached hydrogens (tertiary/aromatic N) is 6. The summed E-state index contributed by atoms with van der Waals surface area (Å²) in [5, 5.41) is 19.9. The maximum absolute atomic E-state index is 11.6. The molecule has 0 saturated carbocycles. The first-order chi connectivity index (χ1) is 16.0. The van der Waals surface area contributed by atoms with E-state index in [0.29, 0.717) is 17.2 Å². The van der Waals surface area contributed by atoms with Crippen LogP contribution in [0.5, 0.6) is 0 Å². The van der Waals surface area contributed by atoms with Gasteiger partial charge in [0.1, 0.15) is 13.5 Å². The second kappa shape index (κ2) is 11.1. The molecule has 0 bridgehead atoms. The molecule has 7 N–H and O–H groups in total. The van der Waals surface area contributed by atoms with Gasteiger partial charge >= 0.3 is 0 Å². The summed E-state index contributed by atoms with van der Waals surface area (Å²) in [6.45, 7) is 0.662. The van der Waals surface area contributed by atoms with E-state index < -0.39 is 0 Å². The molecule has 4 heterocycles. The first-order valence-corrected chi connectivity index (χ1v) is 9.69. The van der Waals surface area contributed by atoms with Crippen molar-refractivity contribution in [3.63, 3.8) is 0 Å². The van der Waals surface area contributed by atoms with Gasteiger partial charge in [0.2, 0.25) is 11.9 Å². The van der Waals surface area contributed by atoms with E-state index in [1.807, 2.05) is 0 Å². The average molecular weight is 464 g/mol. The zero-order valence-electron chi connectivity index (χ0n) is 17.7. The number of fused-ring (bicyclic) bond motifs is 2. The van der Waals surface area contributed by atoms with Gasteiger partial charge < -0.3 is 30.7 Å². The number of hydrogen-bond acceptors (Lipinski definition) is 12. The predicted molar refractivity (Wildman–Crippen MR) is 116 cm³/mol. The lowest BCUT2D eigenvalue weighted by atomic mass is 10.5. The molecule has 4 aromatic heterocycles. The van der Waals surface area contributed by atoms with Gasteiger partial charge in [0.05, 0.1) is 39.1 Å². The van der Waals surface area contributed by atoms with E-state index in [1.165, 1.54) is 17.2 Å². The smallest absolute Gasteiger partial charge is 0.280 e. The van der Waals surface area contributed by atoms with E-state index in [0.717, 1.165) is 0 Å². The first-order valence-electron chi connectivity index (χ1n) is 9.69. The molecule has 16 nitrogen and oxygen atoms in total. The maximum Gasteiger partial charge on any atom is 0.280 e. The number of H-pyrrole nitrogens is 2. The zero-order valence-corrected chi connectivity index (χ0v) is 17.7. The lowest BCUT2D eigenvalue weighted by Gasteiger charge is -2.04. The van der Waals surface area contributed by atoms with Crippen LogP contribution in [0.1, 0.15) is 0 Å². The largest absolute Gasteiger partial charge is 0.394 e. The summed E-state index contributed by atoms with van der Waals surface area (Å²) in [6.07, 6.45) is 2.91. The Morgan fingerprint density at radius 2 is 1.45 bits per heavy atom. The highest BCUT2D eigenvalue weighted by Gasteiger charge is 2.10. The number of aromatic amines is 2. The Balaban J connectivity index is 0.000000186. The van der Waals surface area contributed by atoms with Gasteiger partial charge in [0.15, 0.2) is 22.3 Å². The van der Waals surface area contributed by atoms with Gasteiger partial charge in [-0.05, 0) is 0 Å². The normalized spacial score (nSPS) is 11.0. The molecule has 0 aliphatic rings. The lowest BCUT2D eigenvalue weighted by Crippen LogP contribution is -2.13. The van der Waals surface area contributed by atoms with E-state index in [1.54, 1.807) is 11.6 Å². The number of anilines is 2. The van der Waals surface area contributed by atoms with Crippen LogP contribution in [0.2, 0.25) is 0 Å². The molecule has 0 aromatic carbocycles. The van der Waals surface area contributed by atoms with E-state index >= 15 is 0 Å². The van der Waals surface area contributed by atoms with E-state index in [2.05, 4.69) is 35.2 Å². The van der Waals surface area contributed by atoms with Gasteiger partial charge in [-0.25, -0.2) is 9.97 Å². The van der Waals surface area contributed by atoms with Crippen molar-refractivity contribution < 1.29 is 19.7 Å². The SMILES string of the molecule is CNc1nc2c(ncn2COCCO)c(=O)[nH]1.Nc1nc2c(ncn2COCCO)c(=O)[nH]1. The van der Waals surface area contributed by atoms with Crippen LogP contribution in [0.15, 0.2) is 22.2 Å². The monoisotopic (exact) mass is 464 g/mol. The number of rotatable bonds is 9. The van der Waals surface area contributed by atoms with Crippen molar-refractivity contribution in [3.8, 4) is 0 Å². The van der Waals surface area contributed by atoms with Crippen LogP contribution in [-0.4, -0.2) is 82.7 Å². The first kappa shape index (κ1) is 23.8. The summed E-state index contributed by atoms with van der Waals surface area (Å²) in [5.74, 6) is 0.396. The standard InChI is InChI=1S/C9H13N5O3.C8H11N5O3/c1-10-9-12-7-6(8(16)13-9)11-4-14(7)5-17-3-2-15;9-8-11-6-5(7(15)12-8)10-3-13(6)4-16-2-1-14/h4,15H,2-3,5H2,1H3,(H2,10,12,13,16);3,14H,1-2,4H2,(H3,9,11,12,15). The molecule has 0 fully saturated rings. The summed E-state index contributed by atoms with van der Waals surface area (Å²) in [4.78, 5) is 43.9. The fourth-order valence-corrected chi connectivity index (χ4v) is 2.69. The maximum atomic E-state index is 11.6. The number of imidazole rings is 2. The van der Waals surface area contributed by atoms with E-state index in [4.69, 9.17) is 25.4 Å². The topological polar surface area (TPSA) is 224 Å². The Morgan fingerprint density at radius 3 is 1.97 bits per heavy atom. The Kier molecular flexibility index (Phi) is 8.03. The van der Waals surface area contributed by atoms with Crippen molar-refractivity contribution in [2.45, 2.75) is 13.5 Å². The van der Waals surface area contributed by atoms with Crippen LogP contribution in [0.25, 0.3) is 22.3 Å². The summed E-state index contributed by atoms with van der Waals surface area (Å²) in [5.41, 5.74) is 6.00. The fourth-order valence-electron chi connectivity index (χ4n) is 2.69. The highest BCUT2D eigenvalue weighted by Crippen LogP contribution is 2.08. The molecule has 0 spiro atoms. The van der Waals surface area contributed by atoms with Crippen molar-refractivity contribution in [3.05, 3.63) is 33.4 Å². The zero-order chi connectivity index (χ0) is 23.8. The molecular weight excluding hydrogens is 440 g/mol. The highest BCUT2D eigenvalue weighted by molar-refractivity contribution is 5.71. The molecule has 4 rings (SSSR count). The number of aromatic nitrogens is 8. The quantitative estimate of drug-likeness (QED) is 0.145. The number of nitrogen functional groups attached to an aromatic ring is 1. The molecule has 0 atom stereocenters. The van der Waals surface area contributed by atoms with Crippen molar-refractivity contribution in [1.29, 1.82) is 0 Å². The fraction of sp³-hybridized carbons (Fsp3) is 0.412. The molecule has 33 heavy (non-hydrogen) atoms. The summed E-state index contributed by atoms with van der Waals surface area (Å²) < 4.78 is 13.4. The third-order valence-electron chi connectivity index (χ3n) is 4.14. The van der Waals surface area contributed by atoms with Gasteiger partial charge in [-0.2, -0.15) is 9.97 Å². The van der Waals surface area contributed by atoms with Crippen LogP contribution in [0, 0.1) is 0 Å². The Bertz CT molecular complexity index is 1310. The second-order valence-corrected chi connectivity index (χ2v) is 6.41. The van der Waals surface area contributed by atoms with Crippen LogP contribution in [0.4, 0.5) is 11.9 Å². The molecule has 4 aromatic rings. The predicted octanol–water partition coefficient (Wildman–Crippen LogP) is -2.20. The van der Waals surface area contributed by atoms with Crippen LogP contribution in [0.3, 0.4) is 0 Å². The highest BCUT2D eigenvalue weighted by atomic mass is 16.5. The average Bonchev–Trinajstić information content (AvgIpc) is 3.39. The van der Waals surface area contributed by atoms with Crippen LogP contribution < -0.4 is 22.2 Å². The molecule has 0 saturated heterocycles. The summed E-state index contributed by atoms with van der Waals surface area (Å²) in [6, 6.07) is 0. The molecule has 0 aliphatic heterocycles. The van der Waals surface area contributed by atoms with Crippen molar-refractivity contribution in [2.75, 3.05) is 44.5 Å². The van der Waals surface area contributed by atoms with Crippen molar-refractivity contribution in [2.24, 2.45) is 0 Å². The minimum absolute atomic E-state index is 0.0291. The van der Waals surface area contributed by atoms with Crippen LogP contribution >= 0.6 is 0 Å². The molecule has 178 valence electrons. The second-order valence-electron chi connectivity index (χ2n) is 6.41. The number of aliphatic hydroxyl groups is 2. The molecule has 16 heteroatoms. The minimum atomic E-state index is -0.386. The lowest BCUT2D eigenvalue weighted by molar-refractivity contribution is 0.0499. The van der Waals surface area contributed by atoms with Gasteiger partial charge in [-0.15, -0.1) is 0 Å². The molecule has 0 unspecified atom stereocenters. The summed E-state index contributed by atoms with van der Waals surface area (Å²) >= 11 is 0. The van der Waals surface area contributed by atoms with Gasteiger partial charge in [-0.1, -0.05) is 0 Å². The Hall–Kier alpha value is -3.86. The number of aliphatic hydroxyl groups excluding tert-OH is 2. The number of nitrogens with two attached hydrogens (primary N) is 1. The number of nitrogens with one attached hydrogen (secondary N) is 3. The minimum Gasteiger partial charge on any atom is -0.394 e. The van der Waals surface area contributed by atoms with E-state index in [-0.39, 0.29) is 68.0 Å². The Labute approximate surface area is 185 Å². The molecule has 0 aliphatic carbocycles. The van der Waals surface area contributed by atoms with Gasteiger partial charge in [0.25, 0.3) is 11.1 Å². The molecule has 0 amide bonds. The Morgan fingerprint density at radius 1 is 0.939 bits per heavy atom. The van der Waals surface area contributed by atoms with E-state index in [9.17, 15) is 9.59 Å². The van der Waals surface area contributed by atoms with Crippen molar-refractivity contribution >= 4 is 34.2 Å². The van der Waals surface area contributed by atoms with Crippen molar-refractivity contribution in [1.82, 2.24) is 39.0 Å².